The second-order valence-corrected chi connectivity index (χ2v) is 9.32. The Labute approximate surface area is 138 Å². The molecule has 2 N–H and O–H groups in total. The fraction of sp³-hybridized carbons (Fsp3) is 1.00. The van der Waals surface area contributed by atoms with Crippen LogP contribution in [-0.4, -0.2) is 6.54 Å². The van der Waals surface area contributed by atoms with E-state index in [0.29, 0.717) is 0 Å². The second-order valence-electron chi connectivity index (χ2n) is 9.32. The van der Waals surface area contributed by atoms with Crippen LogP contribution in [-0.2, 0) is 0 Å². The molecule has 0 saturated heterocycles. The molecule has 0 aliphatic heterocycles. The molecule has 0 spiro atoms. The normalized spacial score (nSPS) is 39.1. The summed E-state index contributed by atoms with van der Waals surface area (Å²) in [5.41, 5.74) is 6.50. The van der Waals surface area contributed by atoms with E-state index in [4.69, 9.17) is 5.73 Å². The fourth-order valence-electron chi connectivity index (χ4n) is 6.76. The summed E-state index contributed by atoms with van der Waals surface area (Å²) in [6.45, 7) is 5.81. The van der Waals surface area contributed by atoms with Gasteiger partial charge in [-0.05, 0) is 86.5 Å². The van der Waals surface area contributed by atoms with Crippen LogP contribution in [0.25, 0.3) is 0 Å². The van der Waals surface area contributed by atoms with Crippen LogP contribution in [0.15, 0.2) is 0 Å². The van der Waals surface area contributed by atoms with Crippen LogP contribution in [0.3, 0.4) is 0 Å². The maximum atomic E-state index is 5.73. The molecular formula is C21H39N. The quantitative estimate of drug-likeness (QED) is 0.537. The first kappa shape index (κ1) is 16.8. The van der Waals surface area contributed by atoms with Gasteiger partial charge in [0.15, 0.2) is 0 Å². The Morgan fingerprint density at radius 2 is 1.45 bits per heavy atom. The molecule has 128 valence electrons. The largest absolute Gasteiger partial charge is 0.330 e. The van der Waals surface area contributed by atoms with Crippen molar-refractivity contribution in [2.45, 2.75) is 90.9 Å². The van der Waals surface area contributed by atoms with Crippen molar-refractivity contribution in [3.05, 3.63) is 0 Å². The van der Waals surface area contributed by atoms with Crippen LogP contribution in [0.5, 0.6) is 0 Å². The summed E-state index contributed by atoms with van der Waals surface area (Å²) in [6, 6.07) is 0. The molecule has 0 aromatic rings. The van der Waals surface area contributed by atoms with Crippen molar-refractivity contribution in [3.8, 4) is 0 Å². The zero-order valence-corrected chi connectivity index (χ0v) is 15.2. The van der Waals surface area contributed by atoms with E-state index in [1.165, 1.54) is 38.5 Å². The molecule has 0 aromatic heterocycles. The first-order chi connectivity index (χ1) is 10.6. The second kappa shape index (κ2) is 7.24. The minimum absolute atomic E-state index is 0.774. The molecule has 4 aliphatic rings. The first-order valence-corrected chi connectivity index (χ1v) is 10.3. The van der Waals surface area contributed by atoms with Gasteiger partial charge in [-0.25, -0.2) is 0 Å². The topological polar surface area (TPSA) is 26.0 Å². The Balaban J connectivity index is 1.43. The van der Waals surface area contributed by atoms with Gasteiger partial charge in [0, 0.05) is 0 Å². The van der Waals surface area contributed by atoms with E-state index in [2.05, 4.69) is 13.8 Å². The van der Waals surface area contributed by atoms with Crippen LogP contribution in [0.2, 0.25) is 0 Å². The van der Waals surface area contributed by atoms with E-state index in [0.717, 1.165) is 41.5 Å². The van der Waals surface area contributed by atoms with Gasteiger partial charge in [0.1, 0.15) is 0 Å². The summed E-state index contributed by atoms with van der Waals surface area (Å²) in [5.74, 6) is 5.21. The van der Waals surface area contributed by atoms with Crippen LogP contribution in [0.4, 0.5) is 0 Å². The van der Waals surface area contributed by atoms with Crippen LogP contribution in [0.1, 0.15) is 90.9 Å². The molecule has 22 heavy (non-hydrogen) atoms. The van der Waals surface area contributed by atoms with Crippen LogP contribution in [0, 0.1) is 35.0 Å². The molecule has 4 rings (SSSR count). The SMILES string of the molecule is CCC(CCN)CCCCC(C)C12CC3CC(CC(C3)C1)C2. The molecule has 2 unspecified atom stereocenters. The Kier molecular flexibility index (Phi) is 5.53. The van der Waals surface area contributed by atoms with E-state index >= 15 is 0 Å². The van der Waals surface area contributed by atoms with Crippen molar-refractivity contribution in [1.29, 1.82) is 0 Å². The highest BCUT2D eigenvalue weighted by molar-refractivity contribution is 5.03. The highest BCUT2D eigenvalue weighted by Gasteiger charge is 2.52. The summed E-state index contributed by atoms with van der Waals surface area (Å²) in [6.07, 6.45) is 17.9. The minimum Gasteiger partial charge on any atom is -0.330 e. The van der Waals surface area contributed by atoms with Gasteiger partial charge in [0.05, 0.1) is 0 Å². The molecule has 0 amide bonds. The van der Waals surface area contributed by atoms with Crippen molar-refractivity contribution in [2.24, 2.45) is 40.7 Å². The fourth-order valence-corrected chi connectivity index (χ4v) is 6.76. The summed E-state index contributed by atoms with van der Waals surface area (Å²) >= 11 is 0. The maximum Gasteiger partial charge on any atom is -0.00746 e. The van der Waals surface area contributed by atoms with E-state index in [1.807, 2.05) is 0 Å². The van der Waals surface area contributed by atoms with Gasteiger partial charge in [-0.3, -0.25) is 0 Å². The molecule has 1 nitrogen and oxygen atoms in total. The van der Waals surface area contributed by atoms with Crippen molar-refractivity contribution in [3.63, 3.8) is 0 Å². The third kappa shape index (κ3) is 3.55. The molecule has 4 fully saturated rings. The summed E-state index contributed by atoms with van der Waals surface area (Å²) in [5, 5.41) is 0. The molecule has 1 heteroatoms. The van der Waals surface area contributed by atoms with Gasteiger partial charge >= 0.3 is 0 Å². The van der Waals surface area contributed by atoms with Gasteiger partial charge in [-0.15, -0.1) is 0 Å². The van der Waals surface area contributed by atoms with E-state index in [1.54, 1.807) is 38.5 Å². The predicted octanol–water partition coefficient (Wildman–Crippen LogP) is 5.77. The molecule has 4 bridgehead atoms. The van der Waals surface area contributed by atoms with Crippen molar-refractivity contribution < 1.29 is 0 Å². The third-order valence-electron chi connectivity index (χ3n) is 7.78. The van der Waals surface area contributed by atoms with Gasteiger partial charge in [0.25, 0.3) is 0 Å². The summed E-state index contributed by atoms with van der Waals surface area (Å²) in [7, 11) is 0. The first-order valence-electron chi connectivity index (χ1n) is 10.3. The lowest BCUT2D eigenvalue weighted by Crippen LogP contribution is -2.49. The molecule has 0 aromatic carbocycles. The third-order valence-corrected chi connectivity index (χ3v) is 7.78. The van der Waals surface area contributed by atoms with Gasteiger partial charge in [0.2, 0.25) is 0 Å². The number of nitrogens with two attached hydrogens (primary N) is 1. The van der Waals surface area contributed by atoms with Crippen molar-refractivity contribution >= 4 is 0 Å². The number of unbranched alkanes of at least 4 members (excludes halogenated alkanes) is 1. The van der Waals surface area contributed by atoms with Crippen LogP contribution < -0.4 is 5.73 Å². The average molecular weight is 306 g/mol. The highest BCUT2D eigenvalue weighted by atomic mass is 14.6. The van der Waals surface area contributed by atoms with Gasteiger partial charge < -0.3 is 5.73 Å². The Morgan fingerprint density at radius 1 is 0.909 bits per heavy atom. The Morgan fingerprint density at radius 3 is 1.95 bits per heavy atom. The zero-order chi connectivity index (χ0) is 15.6. The standard InChI is InChI=1S/C21H39N/c1-3-17(8-9-22)7-5-4-6-16(2)21-13-18-10-19(14-21)12-20(11-18)15-21/h16-20H,3-15,22H2,1-2H3. The monoisotopic (exact) mass is 305 g/mol. The predicted molar refractivity (Wildman–Crippen MR) is 95.7 cm³/mol. The molecule has 4 aliphatic carbocycles. The Hall–Kier alpha value is -0.0400. The maximum absolute atomic E-state index is 5.73. The molecule has 0 radical (unpaired) electrons. The van der Waals surface area contributed by atoms with E-state index < -0.39 is 0 Å². The smallest absolute Gasteiger partial charge is 0.00746 e. The molecule has 2 atom stereocenters. The lowest BCUT2D eigenvalue weighted by Gasteiger charge is -2.59. The minimum atomic E-state index is 0.774. The van der Waals surface area contributed by atoms with E-state index in [9.17, 15) is 0 Å². The Bertz CT molecular complexity index is 313. The number of hydrogen-bond donors (Lipinski definition) is 1. The number of hydrogen-bond acceptors (Lipinski definition) is 1. The van der Waals surface area contributed by atoms with E-state index in [-0.39, 0.29) is 0 Å². The van der Waals surface area contributed by atoms with Crippen molar-refractivity contribution in [2.75, 3.05) is 6.54 Å². The molecule has 4 saturated carbocycles. The van der Waals surface area contributed by atoms with Gasteiger partial charge in [-0.2, -0.15) is 0 Å². The summed E-state index contributed by atoms with van der Waals surface area (Å²) in [4.78, 5) is 0. The molecule has 0 heterocycles. The highest BCUT2D eigenvalue weighted by Crippen LogP contribution is 2.63. The van der Waals surface area contributed by atoms with Crippen molar-refractivity contribution in [1.82, 2.24) is 0 Å². The lowest BCUT2D eigenvalue weighted by molar-refractivity contribution is -0.0851. The zero-order valence-electron chi connectivity index (χ0n) is 15.2. The van der Waals surface area contributed by atoms with Crippen LogP contribution >= 0.6 is 0 Å². The molecular weight excluding hydrogens is 266 g/mol. The summed E-state index contributed by atoms with van der Waals surface area (Å²) < 4.78 is 0. The average Bonchev–Trinajstić information content (AvgIpc) is 2.48. The van der Waals surface area contributed by atoms with Gasteiger partial charge in [-0.1, -0.05) is 46.0 Å². The number of rotatable bonds is 9. The lowest BCUT2D eigenvalue weighted by atomic mass is 9.46.